The molecule has 3 aromatic rings. The summed E-state index contributed by atoms with van der Waals surface area (Å²) in [4.78, 5) is 19.4. The summed E-state index contributed by atoms with van der Waals surface area (Å²) in [5.41, 5.74) is 2.75. The normalized spacial score (nSPS) is 10.9. The highest BCUT2D eigenvalue weighted by Crippen LogP contribution is 2.23. The van der Waals surface area contributed by atoms with E-state index in [2.05, 4.69) is 23.9 Å². The highest BCUT2D eigenvalue weighted by molar-refractivity contribution is 5.77. The van der Waals surface area contributed by atoms with Gasteiger partial charge >= 0.3 is 0 Å². The Morgan fingerprint density at radius 3 is 2.14 bits per heavy atom. The predicted octanol–water partition coefficient (Wildman–Crippen LogP) is 4.71. The van der Waals surface area contributed by atoms with Gasteiger partial charge in [-0.05, 0) is 44.0 Å². The van der Waals surface area contributed by atoms with Gasteiger partial charge in [-0.2, -0.15) is 0 Å². The molecule has 0 saturated carbocycles. The number of nitrogens with zero attached hydrogens (tertiary/aromatic N) is 4. The van der Waals surface area contributed by atoms with Crippen molar-refractivity contribution in [3.05, 3.63) is 59.9 Å². The zero-order valence-corrected chi connectivity index (χ0v) is 17.2. The van der Waals surface area contributed by atoms with E-state index in [1.54, 1.807) is 16.8 Å². The molecule has 0 N–H and O–H groups in total. The Balaban J connectivity index is 1.98. The van der Waals surface area contributed by atoms with E-state index < -0.39 is 0 Å². The van der Waals surface area contributed by atoms with Gasteiger partial charge in [-0.1, -0.05) is 43.7 Å². The Labute approximate surface area is 171 Å². The first kappa shape index (κ1) is 20.7. The topological polar surface area (TPSA) is 51.0 Å². The molecular formula is C23H27FN4O. The van der Waals surface area contributed by atoms with Gasteiger partial charge in [-0.3, -0.25) is 4.79 Å². The van der Waals surface area contributed by atoms with Gasteiger partial charge < -0.3 is 4.90 Å². The number of aromatic nitrogens is 3. The van der Waals surface area contributed by atoms with Crippen LogP contribution in [0, 0.1) is 12.7 Å². The van der Waals surface area contributed by atoms with Gasteiger partial charge in [0.1, 0.15) is 12.4 Å². The Kier molecular flexibility index (Phi) is 6.75. The number of carbonyl (C=O) groups excluding carboxylic acids is 1. The number of carbonyl (C=O) groups is 1. The van der Waals surface area contributed by atoms with Gasteiger partial charge in [-0.25, -0.2) is 14.1 Å². The summed E-state index contributed by atoms with van der Waals surface area (Å²) in [7, 11) is 0. The summed E-state index contributed by atoms with van der Waals surface area (Å²) in [6, 6.07) is 14.0. The van der Waals surface area contributed by atoms with Gasteiger partial charge in [0, 0.05) is 24.2 Å². The van der Waals surface area contributed by atoms with Crippen LogP contribution < -0.4 is 0 Å². The van der Waals surface area contributed by atoms with Crippen molar-refractivity contribution >= 4 is 5.91 Å². The van der Waals surface area contributed by atoms with Crippen molar-refractivity contribution in [2.24, 2.45) is 0 Å². The Morgan fingerprint density at radius 1 is 0.966 bits per heavy atom. The maximum Gasteiger partial charge on any atom is 0.244 e. The molecule has 0 bridgehead atoms. The maximum absolute atomic E-state index is 13.4. The van der Waals surface area contributed by atoms with E-state index >= 15 is 0 Å². The summed E-state index contributed by atoms with van der Waals surface area (Å²) in [5.74, 6) is 0.806. The van der Waals surface area contributed by atoms with E-state index in [-0.39, 0.29) is 18.3 Å². The van der Waals surface area contributed by atoms with Gasteiger partial charge in [0.25, 0.3) is 0 Å². The van der Waals surface area contributed by atoms with Crippen LogP contribution in [0.3, 0.4) is 0 Å². The van der Waals surface area contributed by atoms with Crippen molar-refractivity contribution in [1.82, 2.24) is 19.7 Å². The van der Waals surface area contributed by atoms with Crippen molar-refractivity contribution in [3.8, 4) is 22.8 Å². The lowest BCUT2D eigenvalue weighted by Crippen LogP contribution is -2.35. The molecule has 0 saturated heterocycles. The summed E-state index contributed by atoms with van der Waals surface area (Å²) >= 11 is 0. The first-order valence-electron chi connectivity index (χ1n) is 10.1. The van der Waals surface area contributed by atoms with Gasteiger partial charge in [0.15, 0.2) is 11.6 Å². The van der Waals surface area contributed by atoms with Crippen LogP contribution in [0.15, 0.2) is 48.5 Å². The third-order valence-corrected chi connectivity index (χ3v) is 4.71. The molecule has 5 nitrogen and oxygen atoms in total. The number of benzene rings is 2. The average molecular weight is 394 g/mol. The molecule has 0 unspecified atom stereocenters. The number of amides is 1. The standard InChI is InChI=1S/C23H27FN4O/c1-4-14-27(15-5-2)21(29)16-28-23(19-10-12-20(24)13-11-19)25-22(26-28)18-8-6-17(3)7-9-18/h6-13H,4-5,14-16H2,1-3H3. The smallest absolute Gasteiger partial charge is 0.244 e. The minimum absolute atomic E-state index is 0.0115. The average Bonchev–Trinajstić information content (AvgIpc) is 3.12. The summed E-state index contributed by atoms with van der Waals surface area (Å²) in [5, 5.41) is 4.62. The second kappa shape index (κ2) is 9.45. The maximum atomic E-state index is 13.4. The fourth-order valence-corrected chi connectivity index (χ4v) is 3.22. The molecule has 0 radical (unpaired) electrons. The predicted molar refractivity (Wildman–Crippen MR) is 113 cm³/mol. The number of aryl methyl sites for hydroxylation is 1. The Hall–Kier alpha value is -3.02. The minimum Gasteiger partial charge on any atom is -0.341 e. The van der Waals surface area contributed by atoms with Crippen LogP contribution in [0.2, 0.25) is 0 Å². The van der Waals surface area contributed by atoms with E-state index in [0.29, 0.717) is 11.6 Å². The molecule has 0 aliphatic carbocycles. The van der Waals surface area contributed by atoms with E-state index in [9.17, 15) is 9.18 Å². The Bertz CT molecular complexity index is 942. The number of hydrogen-bond acceptors (Lipinski definition) is 3. The van der Waals surface area contributed by atoms with Crippen LogP contribution in [0.4, 0.5) is 4.39 Å². The lowest BCUT2D eigenvalue weighted by atomic mass is 10.1. The zero-order chi connectivity index (χ0) is 20.8. The van der Waals surface area contributed by atoms with Gasteiger partial charge in [0.05, 0.1) is 0 Å². The summed E-state index contributed by atoms with van der Waals surface area (Å²) in [6.07, 6.45) is 1.81. The molecule has 0 aliphatic rings. The fourth-order valence-electron chi connectivity index (χ4n) is 3.22. The number of rotatable bonds is 8. The van der Waals surface area contributed by atoms with E-state index in [1.807, 2.05) is 36.1 Å². The van der Waals surface area contributed by atoms with Crippen molar-refractivity contribution in [1.29, 1.82) is 0 Å². The largest absolute Gasteiger partial charge is 0.341 e. The monoisotopic (exact) mass is 394 g/mol. The van der Waals surface area contributed by atoms with Crippen LogP contribution in [-0.4, -0.2) is 38.7 Å². The van der Waals surface area contributed by atoms with Crippen molar-refractivity contribution in [3.63, 3.8) is 0 Å². The lowest BCUT2D eigenvalue weighted by molar-refractivity contribution is -0.132. The summed E-state index contributed by atoms with van der Waals surface area (Å²) < 4.78 is 15.0. The van der Waals surface area contributed by atoms with Crippen LogP contribution in [0.1, 0.15) is 32.3 Å². The van der Waals surface area contributed by atoms with Crippen LogP contribution in [0.5, 0.6) is 0 Å². The highest BCUT2D eigenvalue weighted by Gasteiger charge is 2.19. The lowest BCUT2D eigenvalue weighted by Gasteiger charge is -2.21. The molecule has 1 heterocycles. The Morgan fingerprint density at radius 2 is 1.55 bits per heavy atom. The van der Waals surface area contributed by atoms with Crippen LogP contribution >= 0.6 is 0 Å². The molecule has 29 heavy (non-hydrogen) atoms. The highest BCUT2D eigenvalue weighted by atomic mass is 19.1. The van der Waals surface area contributed by atoms with Crippen molar-refractivity contribution < 1.29 is 9.18 Å². The second-order valence-electron chi connectivity index (χ2n) is 7.17. The molecule has 0 fully saturated rings. The first-order valence-corrected chi connectivity index (χ1v) is 10.1. The van der Waals surface area contributed by atoms with Crippen LogP contribution in [0.25, 0.3) is 22.8 Å². The molecule has 3 rings (SSSR count). The van der Waals surface area contributed by atoms with Crippen LogP contribution in [-0.2, 0) is 11.3 Å². The van der Waals surface area contributed by atoms with E-state index in [4.69, 9.17) is 0 Å². The molecule has 1 aromatic heterocycles. The zero-order valence-electron chi connectivity index (χ0n) is 17.2. The van der Waals surface area contributed by atoms with Gasteiger partial charge in [0.2, 0.25) is 5.91 Å². The quantitative estimate of drug-likeness (QED) is 0.556. The molecule has 0 aliphatic heterocycles. The van der Waals surface area contributed by atoms with E-state index in [1.165, 1.54) is 12.1 Å². The molecule has 2 aromatic carbocycles. The minimum atomic E-state index is -0.313. The molecule has 0 spiro atoms. The van der Waals surface area contributed by atoms with Gasteiger partial charge in [-0.15, -0.1) is 5.10 Å². The SMILES string of the molecule is CCCN(CCC)C(=O)Cn1nc(-c2ccc(C)cc2)nc1-c1ccc(F)cc1. The van der Waals surface area contributed by atoms with Crippen molar-refractivity contribution in [2.45, 2.75) is 40.2 Å². The molecular weight excluding hydrogens is 367 g/mol. The fraction of sp³-hybridized carbons (Fsp3) is 0.348. The molecule has 0 atom stereocenters. The molecule has 6 heteroatoms. The molecule has 1 amide bonds. The van der Waals surface area contributed by atoms with E-state index in [0.717, 1.165) is 42.6 Å². The number of hydrogen-bond donors (Lipinski definition) is 0. The summed E-state index contributed by atoms with van der Waals surface area (Å²) in [6.45, 7) is 7.69. The third kappa shape index (κ3) is 5.08. The second-order valence-corrected chi connectivity index (χ2v) is 7.17. The van der Waals surface area contributed by atoms with Crippen molar-refractivity contribution in [2.75, 3.05) is 13.1 Å². The first-order chi connectivity index (χ1) is 14.0. The third-order valence-electron chi connectivity index (χ3n) is 4.71. The molecule has 152 valence electrons. The number of halogens is 1.